The maximum atomic E-state index is 12.2. The number of aromatic nitrogens is 1. The average Bonchev–Trinajstić information content (AvgIpc) is 2.52. The maximum Gasteiger partial charge on any atom is 0.253 e. The molecule has 0 saturated heterocycles. The number of amides is 1. The number of nitrogens with one attached hydrogen (secondary N) is 1. The van der Waals surface area contributed by atoms with Gasteiger partial charge >= 0.3 is 0 Å². The summed E-state index contributed by atoms with van der Waals surface area (Å²) in [7, 11) is -3.21. The lowest BCUT2D eigenvalue weighted by atomic mass is 10.0. The van der Waals surface area contributed by atoms with Gasteiger partial charge in [0.2, 0.25) is 0 Å². The van der Waals surface area contributed by atoms with Gasteiger partial charge in [0, 0.05) is 18.6 Å². The summed E-state index contributed by atoms with van der Waals surface area (Å²) in [5.41, 5.74) is 1.36. The Labute approximate surface area is 130 Å². The lowest BCUT2D eigenvalue weighted by Crippen LogP contribution is -2.28. The number of nitrogens with zero attached hydrogens (tertiary/aromatic N) is 1. The van der Waals surface area contributed by atoms with Crippen molar-refractivity contribution in [2.24, 2.45) is 0 Å². The third-order valence-electron chi connectivity index (χ3n) is 3.35. The summed E-state index contributed by atoms with van der Waals surface area (Å²) >= 11 is 0. The molecular weight excluding hydrogens is 300 g/mol. The van der Waals surface area contributed by atoms with Crippen LogP contribution in [-0.2, 0) is 9.84 Å². The Balaban J connectivity index is 2.17. The van der Waals surface area contributed by atoms with E-state index in [1.165, 1.54) is 12.5 Å². The number of pyridine rings is 1. The molecule has 0 unspecified atom stereocenters. The van der Waals surface area contributed by atoms with Gasteiger partial charge < -0.3 is 5.32 Å². The Morgan fingerprint density at radius 3 is 2.41 bits per heavy atom. The Morgan fingerprint density at radius 1 is 1.23 bits per heavy atom. The molecule has 116 valence electrons. The first kappa shape index (κ1) is 16.2. The maximum absolute atomic E-state index is 12.2. The van der Waals surface area contributed by atoms with Crippen LogP contribution in [-0.4, -0.2) is 25.6 Å². The molecule has 0 bridgehead atoms. The molecule has 0 aliphatic rings. The first-order valence-corrected chi connectivity index (χ1v) is 8.82. The number of carbonyl (C=O) groups is 1. The largest absolute Gasteiger partial charge is 0.345 e. The molecule has 2 rings (SSSR count). The second-order valence-electron chi connectivity index (χ2n) is 5.02. The van der Waals surface area contributed by atoms with Gasteiger partial charge in [-0.05, 0) is 36.2 Å². The minimum atomic E-state index is -3.21. The lowest BCUT2D eigenvalue weighted by Gasteiger charge is -2.17. The first-order valence-electron chi connectivity index (χ1n) is 6.92. The lowest BCUT2D eigenvalue weighted by molar-refractivity contribution is 0.0935. The summed E-state index contributed by atoms with van der Waals surface area (Å²) in [6, 6.07) is 9.80. The van der Waals surface area contributed by atoms with Crippen LogP contribution in [0.5, 0.6) is 0 Å². The molecular formula is C16H18N2O3S. The first-order chi connectivity index (χ1) is 10.4. The highest BCUT2D eigenvalue weighted by atomic mass is 32.2. The van der Waals surface area contributed by atoms with Gasteiger partial charge in [-0.3, -0.25) is 9.78 Å². The molecule has 1 N–H and O–H groups in total. The number of rotatable bonds is 5. The van der Waals surface area contributed by atoms with Crippen molar-refractivity contribution in [2.45, 2.75) is 24.3 Å². The van der Waals surface area contributed by atoms with Crippen LogP contribution in [0.25, 0.3) is 0 Å². The number of sulfone groups is 1. The van der Waals surface area contributed by atoms with Crippen LogP contribution in [0, 0.1) is 0 Å². The minimum absolute atomic E-state index is 0.179. The van der Waals surface area contributed by atoms with E-state index in [9.17, 15) is 13.2 Å². The summed E-state index contributed by atoms with van der Waals surface area (Å²) in [6.45, 7) is 1.96. The molecule has 0 fully saturated rings. The standard InChI is InChI=1S/C16H18N2O3S/c1-3-15(18-16(19)13-5-4-10-17-11-13)12-6-8-14(9-7-12)22(2,20)21/h4-11,15H,3H2,1-2H3,(H,18,19)/t15-/m1/s1. The Morgan fingerprint density at radius 2 is 1.91 bits per heavy atom. The Kier molecular flexibility index (Phi) is 4.92. The van der Waals surface area contributed by atoms with Gasteiger partial charge in [-0.15, -0.1) is 0 Å². The fourth-order valence-corrected chi connectivity index (χ4v) is 2.74. The minimum Gasteiger partial charge on any atom is -0.345 e. The third-order valence-corrected chi connectivity index (χ3v) is 4.48. The zero-order chi connectivity index (χ0) is 16.2. The van der Waals surface area contributed by atoms with E-state index in [2.05, 4.69) is 10.3 Å². The fourth-order valence-electron chi connectivity index (χ4n) is 2.11. The van der Waals surface area contributed by atoms with E-state index < -0.39 is 9.84 Å². The van der Waals surface area contributed by atoms with Crippen molar-refractivity contribution >= 4 is 15.7 Å². The molecule has 0 saturated carbocycles. The van der Waals surface area contributed by atoms with E-state index in [4.69, 9.17) is 0 Å². The predicted octanol–water partition coefficient (Wildman–Crippen LogP) is 2.37. The summed E-state index contributed by atoms with van der Waals surface area (Å²) < 4.78 is 22.9. The van der Waals surface area contributed by atoms with Gasteiger partial charge in [-0.25, -0.2) is 8.42 Å². The summed E-state index contributed by atoms with van der Waals surface area (Å²) in [5.74, 6) is -0.202. The summed E-state index contributed by atoms with van der Waals surface area (Å²) in [4.78, 5) is 16.4. The van der Waals surface area contributed by atoms with Crippen LogP contribution >= 0.6 is 0 Å². The van der Waals surface area contributed by atoms with Crippen LogP contribution < -0.4 is 5.32 Å². The monoisotopic (exact) mass is 318 g/mol. The van der Waals surface area contributed by atoms with Crippen LogP contribution in [0.4, 0.5) is 0 Å². The van der Waals surface area contributed by atoms with Crippen LogP contribution in [0.1, 0.15) is 35.3 Å². The molecule has 2 aromatic rings. The molecule has 6 heteroatoms. The fraction of sp³-hybridized carbons (Fsp3) is 0.250. The molecule has 5 nitrogen and oxygen atoms in total. The Bertz CT molecular complexity index is 741. The molecule has 1 atom stereocenters. The van der Waals surface area contributed by atoms with E-state index >= 15 is 0 Å². The van der Waals surface area contributed by atoms with Gasteiger partial charge in [0.15, 0.2) is 9.84 Å². The number of hydrogen-bond donors (Lipinski definition) is 1. The highest BCUT2D eigenvalue weighted by Crippen LogP contribution is 2.19. The molecule has 0 radical (unpaired) electrons. The van der Waals surface area contributed by atoms with Crippen molar-refractivity contribution in [3.05, 3.63) is 59.9 Å². The second kappa shape index (κ2) is 6.70. The van der Waals surface area contributed by atoms with Crippen molar-refractivity contribution in [3.63, 3.8) is 0 Å². The molecule has 0 aliphatic carbocycles. The molecule has 1 aromatic carbocycles. The molecule has 1 heterocycles. The van der Waals surface area contributed by atoms with Gasteiger partial charge in [0.05, 0.1) is 16.5 Å². The van der Waals surface area contributed by atoms with Crippen LogP contribution in [0.3, 0.4) is 0 Å². The number of benzene rings is 1. The van der Waals surface area contributed by atoms with Crippen LogP contribution in [0.15, 0.2) is 53.7 Å². The Hall–Kier alpha value is -2.21. The van der Waals surface area contributed by atoms with Gasteiger partial charge in [-0.1, -0.05) is 19.1 Å². The van der Waals surface area contributed by atoms with Crippen molar-refractivity contribution in [2.75, 3.05) is 6.26 Å². The van der Waals surface area contributed by atoms with E-state index in [1.807, 2.05) is 6.92 Å². The van der Waals surface area contributed by atoms with E-state index in [-0.39, 0.29) is 16.8 Å². The van der Waals surface area contributed by atoms with Crippen molar-refractivity contribution in [3.8, 4) is 0 Å². The average molecular weight is 318 g/mol. The zero-order valence-corrected chi connectivity index (χ0v) is 13.3. The van der Waals surface area contributed by atoms with Gasteiger partial charge in [0.25, 0.3) is 5.91 Å². The van der Waals surface area contributed by atoms with Crippen molar-refractivity contribution < 1.29 is 13.2 Å². The topological polar surface area (TPSA) is 76.1 Å². The predicted molar refractivity (Wildman–Crippen MR) is 84.3 cm³/mol. The summed E-state index contributed by atoms with van der Waals surface area (Å²) in [6.07, 6.45) is 4.99. The van der Waals surface area contributed by atoms with Gasteiger partial charge in [-0.2, -0.15) is 0 Å². The normalized spacial score (nSPS) is 12.6. The molecule has 0 aliphatic heterocycles. The molecule has 0 spiro atoms. The highest BCUT2D eigenvalue weighted by Gasteiger charge is 2.15. The summed E-state index contributed by atoms with van der Waals surface area (Å²) in [5, 5.41) is 2.93. The van der Waals surface area contributed by atoms with Crippen molar-refractivity contribution in [1.29, 1.82) is 0 Å². The molecule has 1 amide bonds. The van der Waals surface area contributed by atoms with E-state index in [0.29, 0.717) is 12.0 Å². The molecule has 1 aromatic heterocycles. The molecule has 22 heavy (non-hydrogen) atoms. The van der Waals surface area contributed by atoms with E-state index in [0.717, 1.165) is 5.56 Å². The van der Waals surface area contributed by atoms with Gasteiger partial charge in [0.1, 0.15) is 0 Å². The van der Waals surface area contributed by atoms with E-state index in [1.54, 1.807) is 42.6 Å². The highest BCUT2D eigenvalue weighted by molar-refractivity contribution is 7.90. The zero-order valence-electron chi connectivity index (χ0n) is 12.5. The number of hydrogen-bond acceptors (Lipinski definition) is 4. The van der Waals surface area contributed by atoms with Crippen molar-refractivity contribution in [1.82, 2.24) is 10.3 Å². The number of carbonyl (C=O) groups excluding carboxylic acids is 1. The SMILES string of the molecule is CC[C@@H](NC(=O)c1cccnc1)c1ccc(S(C)(=O)=O)cc1. The quantitative estimate of drug-likeness (QED) is 0.918. The third kappa shape index (κ3) is 3.92. The van der Waals surface area contributed by atoms with Crippen LogP contribution in [0.2, 0.25) is 0 Å². The second-order valence-corrected chi connectivity index (χ2v) is 7.03. The smallest absolute Gasteiger partial charge is 0.253 e.